The summed E-state index contributed by atoms with van der Waals surface area (Å²) in [7, 11) is 0. The fourth-order valence-corrected chi connectivity index (χ4v) is 1.23. The standard InChI is InChI=1S/C10H11BrFNO2/c1-6(14)5-13-10(15)7-2-3-8(11)9(12)4-7/h2-4,6,14H,5H2,1H3,(H,13,15)/t6-/m1/s1. The topological polar surface area (TPSA) is 49.3 Å². The van der Waals surface area contributed by atoms with Crippen molar-refractivity contribution in [2.45, 2.75) is 13.0 Å². The van der Waals surface area contributed by atoms with Gasteiger partial charge in [0.2, 0.25) is 0 Å². The van der Waals surface area contributed by atoms with E-state index in [2.05, 4.69) is 21.2 Å². The van der Waals surface area contributed by atoms with Gasteiger partial charge in [0.15, 0.2) is 0 Å². The number of amides is 1. The van der Waals surface area contributed by atoms with Gasteiger partial charge < -0.3 is 10.4 Å². The number of nitrogens with one attached hydrogen (secondary N) is 1. The fourth-order valence-electron chi connectivity index (χ4n) is 0.980. The normalized spacial score (nSPS) is 12.3. The number of aliphatic hydroxyl groups excluding tert-OH is 1. The van der Waals surface area contributed by atoms with Gasteiger partial charge in [-0.05, 0) is 41.1 Å². The summed E-state index contributed by atoms with van der Waals surface area (Å²) in [5, 5.41) is 11.4. The second-order valence-corrected chi connectivity index (χ2v) is 4.04. The molecule has 0 bridgehead atoms. The third-order valence-corrected chi connectivity index (χ3v) is 2.38. The van der Waals surface area contributed by atoms with Gasteiger partial charge in [0.25, 0.3) is 5.91 Å². The van der Waals surface area contributed by atoms with Gasteiger partial charge in [-0.15, -0.1) is 0 Å². The minimum atomic E-state index is -0.616. The van der Waals surface area contributed by atoms with E-state index < -0.39 is 17.8 Å². The monoisotopic (exact) mass is 275 g/mol. The van der Waals surface area contributed by atoms with Crippen LogP contribution in [0.25, 0.3) is 0 Å². The molecule has 5 heteroatoms. The maximum Gasteiger partial charge on any atom is 0.251 e. The van der Waals surface area contributed by atoms with E-state index in [0.717, 1.165) is 6.07 Å². The van der Waals surface area contributed by atoms with Crippen LogP contribution in [0, 0.1) is 5.82 Å². The quantitative estimate of drug-likeness (QED) is 0.882. The van der Waals surface area contributed by atoms with Crippen molar-refractivity contribution in [1.29, 1.82) is 0 Å². The first-order valence-corrected chi connectivity index (χ1v) is 5.21. The lowest BCUT2D eigenvalue weighted by Gasteiger charge is -2.07. The number of halogens is 2. The van der Waals surface area contributed by atoms with Crippen LogP contribution in [0.3, 0.4) is 0 Å². The van der Waals surface area contributed by atoms with Crippen LogP contribution in [0.2, 0.25) is 0 Å². The number of carbonyl (C=O) groups is 1. The third kappa shape index (κ3) is 3.60. The van der Waals surface area contributed by atoms with Crippen molar-refractivity contribution in [2.75, 3.05) is 6.54 Å². The summed E-state index contributed by atoms with van der Waals surface area (Å²) in [6, 6.07) is 4.11. The molecule has 0 spiro atoms. The molecule has 0 saturated carbocycles. The van der Waals surface area contributed by atoms with Crippen molar-refractivity contribution in [3.05, 3.63) is 34.1 Å². The van der Waals surface area contributed by atoms with Crippen LogP contribution in [0.5, 0.6) is 0 Å². The summed E-state index contributed by atoms with van der Waals surface area (Å²) in [6.07, 6.45) is -0.616. The van der Waals surface area contributed by atoms with Gasteiger partial charge in [-0.25, -0.2) is 4.39 Å². The summed E-state index contributed by atoms with van der Waals surface area (Å²) >= 11 is 2.99. The molecular weight excluding hydrogens is 265 g/mol. The predicted octanol–water partition coefficient (Wildman–Crippen LogP) is 1.70. The Morgan fingerprint density at radius 1 is 1.67 bits per heavy atom. The van der Waals surface area contributed by atoms with Gasteiger partial charge in [0, 0.05) is 12.1 Å². The molecular formula is C10H11BrFNO2. The molecule has 0 heterocycles. The molecule has 1 amide bonds. The molecule has 15 heavy (non-hydrogen) atoms. The zero-order valence-corrected chi connectivity index (χ0v) is 9.71. The molecule has 3 nitrogen and oxygen atoms in total. The Morgan fingerprint density at radius 3 is 2.87 bits per heavy atom. The minimum Gasteiger partial charge on any atom is -0.392 e. The third-order valence-electron chi connectivity index (χ3n) is 1.74. The second kappa shape index (κ2) is 5.23. The minimum absolute atomic E-state index is 0.149. The first-order valence-electron chi connectivity index (χ1n) is 4.42. The first-order chi connectivity index (χ1) is 7.00. The number of rotatable bonds is 3. The highest BCUT2D eigenvalue weighted by atomic mass is 79.9. The average molecular weight is 276 g/mol. The van der Waals surface area contributed by atoms with E-state index in [0.29, 0.717) is 4.47 Å². The van der Waals surface area contributed by atoms with E-state index in [-0.39, 0.29) is 12.1 Å². The van der Waals surface area contributed by atoms with Crippen LogP contribution in [-0.2, 0) is 0 Å². The van der Waals surface area contributed by atoms with E-state index in [1.54, 1.807) is 6.92 Å². The van der Waals surface area contributed by atoms with Crippen LogP contribution >= 0.6 is 15.9 Å². The highest BCUT2D eigenvalue weighted by Crippen LogP contribution is 2.16. The number of benzene rings is 1. The number of hydrogen-bond donors (Lipinski definition) is 2. The molecule has 1 atom stereocenters. The number of aliphatic hydroxyl groups is 1. The fraction of sp³-hybridized carbons (Fsp3) is 0.300. The molecule has 0 unspecified atom stereocenters. The Bertz CT molecular complexity index is 368. The second-order valence-electron chi connectivity index (χ2n) is 3.19. The highest BCUT2D eigenvalue weighted by molar-refractivity contribution is 9.10. The summed E-state index contributed by atoms with van der Waals surface area (Å²) in [5.41, 5.74) is 0.233. The van der Waals surface area contributed by atoms with Crippen LogP contribution in [0.1, 0.15) is 17.3 Å². The van der Waals surface area contributed by atoms with Gasteiger partial charge in [-0.3, -0.25) is 4.79 Å². The summed E-state index contributed by atoms with van der Waals surface area (Å²) in [6.45, 7) is 1.71. The summed E-state index contributed by atoms with van der Waals surface area (Å²) < 4.78 is 13.4. The maximum absolute atomic E-state index is 13.1. The van der Waals surface area contributed by atoms with Crippen molar-refractivity contribution in [3.63, 3.8) is 0 Å². The molecule has 2 N–H and O–H groups in total. The van der Waals surface area contributed by atoms with Crippen molar-refractivity contribution in [3.8, 4) is 0 Å². The Kier molecular flexibility index (Phi) is 4.23. The van der Waals surface area contributed by atoms with Crippen LogP contribution in [0.4, 0.5) is 4.39 Å². The predicted molar refractivity (Wildman–Crippen MR) is 58.1 cm³/mol. The zero-order valence-electron chi connectivity index (χ0n) is 8.13. The lowest BCUT2D eigenvalue weighted by atomic mass is 10.2. The molecule has 0 aliphatic carbocycles. The van der Waals surface area contributed by atoms with Crippen molar-refractivity contribution >= 4 is 21.8 Å². The molecule has 0 aliphatic heterocycles. The van der Waals surface area contributed by atoms with Crippen molar-refractivity contribution in [2.24, 2.45) is 0 Å². The lowest BCUT2D eigenvalue weighted by molar-refractivity contribution is 0.0923. The van der Waals surface area contributed by atoms with E-state index in [1.165, 1.54) is 12.1 Å². The van der Waals surface area contributed by atoms with Gasteiger partial charge >= 0.3 is 0 Å². The van der Waals surface area contributed by atoms with Crippen LogP contribution < -0.4 is 5.32 Å². The van der Waals surface area contributed by atoms with Gasteiger partial charge in [0.1, 0.15) is 5.82 Å². The molecule has 1 aromatic rings. The molecule has 0 saturated heterocycles. The number of hydrogen-bond acceptors (Lipinski definition) is 2. The summed E-state index contributed by atoms with van der Waals surface area (Å²) in [5.74, 6) is -0.887. The molecule has 82 valence electrons. The highest BCUT2D eigenvalue weighted by Gasteiger charge is 2.08. The molecule has 1 aromatic carbocycles. The average Bonchev–Trinajstić information content (AvgIpc) is 2.18. The van der Waals surface area contributed by atoms with Crippen LogP contribution in [0.15, 0.2) is 22.7 Å². The van der Waals surface area contributed by atoms with Crippen molar-refractivity contribution in [1.82, 2.24) is 5.32 Å². The number of carbonyl (C=O) groups excluding carboxylic acids is 1. The van der Waals surface area contributed by atoms with Gasteiger partial charge in [-0.1, -0.05) is 0 Å². The Balaban J connectivity index is 2.70. The molecule has 0 aromatic heterocycles. The largest absolute Gasteiger partial charge is 0.392 e. The van der Waals surface area contributed by atoms with E-state index in [9.17, 15) is 9.18 Å². The SMILES string of the molecule is C[C@@H](O)CNC(=O)c1ccc(Br)c(F)c1. The summed E-state index contributed by atoms with van der Waals surface area (Å²) in [4.78, 5) is 11.4. The smallest absolute Gasteiger partial charge is 0.251 e. The van der Waals surface area contributed by atoms with Crippen LogP contribution in [-0.4, -0.2) is 23.7 Å². The van der Waals surface area contributed by atoms with E-state index in [4.69, 9.17) is 5.11 Å². The van der Waals surface area contributed by atoms with E-state index >= 15 is 0 Å². The lowest BCUT2D eigenvalue weighted by Crippen LogP contribution is -2.30. The van der Waals surface area contributed by atoms with Gasteiger partial charge in [0.05, 0.1) is 10.6 Å². The molecule has 0 fully saturated rings. The zero-order chi connectivity index (χ0) is 11.4. The molecule has 1 rings (SSSR count). The van der Waals surface area contributed by atoms with Gasteiger partial charge in [-0.2, -0.15) is 0 Å². The van der Waals surface area contributed by atoms with Crippen molar-refractivity contribution < 1.29 is 14.3 Å². The molecule has 0 aliphatic rings. The Hall–Kier alpha value is -0.940. The Morgan fingerprint density at radius 2 is 2.33 bits per heavy atom. The molecule has 0 radical (unpaired) electrons. The maximum atomic E-state index is 13.1. The van der Waals surface area contributed by atoms with E-state index in [1.807, 2.05) is 0 Å². The first kappa shape index (κ1) is 12.1. The Labute approximate surface area is 95.4 Å².